The van der Waals surface area contributed by atoms with Gasteiger partial charge in [-0.05, 0) is 61.9 Å². The molecule has 0 radical (unpaired) electrons. The molecule has 1 heterocycles. The summed E-state index contributed by atoms with van der Waals surface area (Å²) in [7, 11) is 0. The summed E-state index contributed by atoms with van der Waals surface area (Å²) in [6.45, 7) is 3.83. The summed E-state index contributed by atoms with van der Waals surface area (Å²) in [6.07, 6.45) is 1.44. The average molecular weight is 383 g/mol. The van der Waals surface area contributed by atoms with Gasteiger partial charge in [-0.15, -0.1) is 0 Å². The first-order valence-corrected chi connectivity index (χ1v) is 8.77. The van der Waals surface area contributed by atoms with Crippen LogP contribution in [-0.4, -0.2) is 18.7 Å². The fourth-order valence-corrected chi connectivity index (χ4v) is 2.62. The number of hydrogen-bond donors (Lipinski definition) is 1. The van der Waals surface area contributed by atoms with Gasteiger partial charge in [-0.2, -0.15) is 5.10 Å². The highest BCUT2D eigenvalue weighted by molar-refractivity contribution is 6.30. The van der Waals surface area contributed by atoms with Crippen LogP contribution in [0.25, 0.3) is 11.3 Å². The number of nitrogens with one attached hydrogen (secondary N) is 1. The van der Waals surface area contributed by atoms with E-state index in [1.54, 1.807) is 18.2 Å². The third-order valence-electron chi connectivity index (χ3n) is 3.83. The van der Waals surface area contributed by atoms with Gasteiger partial charge in [-0.25, -0.2) is 5.43 Å². The van der Waals surface area contributed by atoms with Gasteiger partial charge in [0.15, 0.2) is 6.61 Å². The van der Waals surface area contributed by atoms with Gasteiger partial charge in [-0.3, -0.25) is 4.79 Å². The molecule has 1 aromatic heterocycles. The quantitative estimate of drug-likeness (QED) is 0.494. The van der Waals surface area contributed by atoms with Crippen LogP contribution in [0.1, 0.15) is 16.9 Å². The van der Waals surface area contributed by atoms with Gasteiger partial charge in [0.05, 0.1) is 6.21 Å². The number of aryl methyl sites for hydroxylation is 2. The number of carbonyl (C=O) groups is 1. The Balaban J connectivity index is 1.51. The second-order valence-corrected chi connectivity index (χ2v) is 6.50. The number of nitrogens with zero attached hydrogens (tertiary/aromatic N) is 1. The minimum atomic E-state index is -0.351. The summed E-state index contributed by atoms with van der Waals surface area (Å²) in [6, 6.07) is 16.7. The number of benzene rings is 2. The van der Waals surface area contributed by atoms with Crippen molar-refractivity contribution in [2.24, 2.45) is 5.10 Å². The first-order valence-electron chi connectivity index (χ1n) is 8.39. The van der Waals surface area contributed by atoms with Gasteiger partial charge in [0, 0.05) is 10.6 Å². The van der Waals surface area contributed by atoms with Crippen molar-refractivity contribution in [3.8, 4) is 17.1 Å². The molecule has 0 unspecified atom stereocenters. The van der Waals surface area contributed by atoms with Crippen molar-refractivity contribution in [3.05, 3.63) is 76.5 Å². The van der Waals surface area contributed by atoms with Crippen molar-refractivity contribution in [1.29, 1.82) is 0 Å². The zero-order valence-electron chi connectivity index (χ0n) is 15.0. The lowest BCUT2D eigenvalue weighted by Gasteiger charge is -2.08. The molecular weight excluding hydrogens is 364 g/mol. The molecule has 138 valence electrons. The van der Waals surface area contributed by atoms with E-state index >= 15 is 0 Å². The van der Waals surface area contributed by atoms with Crippen molar-refractivity contribution in [2.75, 3.05) is 6.61 Å². The van der Waals surface area contributed by atoms with Crippen LogP contribution in [0.15, 0.2) is 64.1 Å². The third kappa shape index (κ3) is 5.21. The van der Waals surface area contributed by atoms with Crippen molar-refractivity contribution in [3.63, 3.8) is 0 Å². The van der Waals surface area contributed by atoms with Crippen LogP contribution in [0.4, 0.5) is 0 Å². The van der Waals surface area contributed by atoms with Crippen LogP contribution in [0.5, 0.6) is 5.75 Å². The predicted molar refractivity (Wildman–Crippen MR) is 106 cm³/mol. The van der Waals surface area contributed by atoms with Crippen LogP contribution in [0.3, 0.4) is 0 Å². The minimum absolute atomic E-state index is 0.116. The zero-order chi connectivity index (χ0) is 19.2. The molecule has 0 atom stereocenters. The van der Waals surface area contributed by atoms with Crippen molar-refractivity contribution in [2.45, 2.75) is 13.8 Å². The first-order chi connectivity index (χ1) is 13.0. The Bertz CT molecular complexity index is 962. The largest absolute Gasteiger partial charge is 0.483 e. The van der Waals surface area contributed by atoms with E-state index in [1.807, 2.05) is 50.2 Å². The molecule has 1 amide bonds. The van der Waals surface area contributed by atoms with E-state index < -0.39 is 0 Å². The molecule has 2 aromatic carbocycles. The van der Waals surface area contributed by atoms with Gasteiger partial charge in [0.25, 0.3) is 5.91 Å². The second kappa shape index (κ2) is 8.56. The maximum absolute atomic E-state index is 11.9. The van der Waals surface area contributed by atoms with Crippen LogP contribution in [0.2, 0.25) is 5.02 Å². The SMILES string of the molecule is Cc1ccc(OCC(=O)NN=Cc2ccc(-c3ccc(Cl)cc3)o2)c(C)c1. The van der Waals surface area contributed by atoms with E-state index in [0.29, 0.717) is 22.3 Å². The normalized spacial score (nSPS) is 10.9. The molecule has 6 heteroatoms. The number of ether oxygens (including phenoxy) is 1. The maximum Gasteiger partial charge on any atom is 0.277 e. The Morgan fingerprint density at radius 1 is 1.15 bits per heavy atom. The fraction of sp³-hybridized carbons (Fsp3) is 0.143. The smallest absolute Gasteiger partial charge is 0.277 e. The van der Waals surface area contributed by atoms with Crippen molar-refractivity contribution >= 4 is 23.7 Å². The second-order valence-electron chi connectivity index (χ2n) is 6.06. The number of halogens is 1. The molecule has 0 bridgehead atoms. The summed E-state index contributed by atoms with van der Waals surface area (Å²) in [4.78, 5) is 11.9. The molecule has 1 N–H and O–H groups in total. The van der Waals surface area contributed by atoms with Crippen LogP contribution < -0.4 is 10.2 Å². The molecule has 0 aliphatic carbocycles. The molecule has 0 spiro atoms. The van der Waals surface area contributed by atoms with E-state index in [2.05, 4.69) is 10.5 Å². The molecule has 3 rings (SSSR count). The number of furan rings is 1. The third-order valence-corrected chi connectivity index (χ3v) is 4.08. The predicted octanol–water partition coefficient (Wildman–Crippen LogP) is 4.75. The molecule has 3 aromatic rings. The Morgan fingerprint density at radius 2 is 1.93 bits per heavy atom. The molecule has 27 heavy (non-hydrogen) atoms. The highest BCUT2D eigenvalue weighted by atomic mass is 35.5. The highest BCUT2D eigenvalue weighted by Crippen LogP contribution is 2.23. The Morgan fingerprint density at radius 3 is 2.67 bits per heavy atom. The average Bonchev–Trinajstić information content (AvgIpc) is 3.10. The zero-order valence-corrected chi connectivity index (χ0v) is 15.8. The topological polar surface area (TPSA) is 63.8 Å². The molecule has 0 aliphatic rings. The van der Waals surface area contributed by atoms with Gasteiger partial charge in [0.2, 0.25) is 0 Å². The van der Waals surface area contributed by atoms with Crippen molar-refractivity contribution in [1.82, 2.24) is 5.43 Å². The van der Waals surface area contributed by atoms with Gasteiger partial charge >= 0.3 is 0 Å². The Hall–Kier alpha value is -3.05. The summed E-state index contributed by atoms with van der Waals surface area (Å²) in [5, 5.41) is 4.56. The molecular formula is C21H19ClN2O3. The van der Waals surface area contributed by atoms with Gasteiger partial charge < -0.3 is 9.15 Å². The number of rotatable bonds is 6. The summed E-state index contributed by atoms with van der Waals surface area (Å²) < 4.78 is 11.2. The van der Waals surface area contributed by atoms with Crippen LogP contribution in [0, 0.1) is 13.8 Å². The fourth-order valence-electron chi connectivity index (χ4n) is 2.50. The standard InChI is InChI=1S/C21H19ClN2O3/c1-14-3-9-19(15(2)11-14)26-13-21(25)24-23-12-18-8-10-20(27-18)16-4-6-17(22)7-5-16/h3-12H,13H2,1-2H3,(H,24,25). The van der Waals surface area contributed by atoms with Gasteiger partial charge in [-0.1, -0.05) is 29.3 Å². The number of hydrazone groups is 1. The van der Waals surface area contributed by atoms with Gasteiger partial charge in [0.1, 0.15) is 17.3 Å². The highest BCUT2D eigenvalue weighted by Gasteiger charge is 2.05. The summed E-state index contributed by atoms with van der Waals surface area (Å²) in [5.74, 6) is 1.54. The van der Waals surface area contributed by atoms with E-state index in [-0.39, 0.29) is 12.5 Å². The number of amides is 1. The van der Waals surface area contributed by atoms with Crippen LogP contribution >= 0.6 is 11.6 Å². The van der Waals surface area contributed by atoms with E-state index in [0.717, 1.165) is 16.7 Å². The van der Waals surface area contributed by atoms with Crippen LogP contribution in [-0.2, 0) is 4.79 Å². The lowest BCUT2D eigenvalue weighted by molar-refractivity contribution is -0.123. The van der Waals surface area contributed by atoms with Crippen molar-refractivity contribution < 1.29 is 13.9 Å². The molecule has 0 saturated heterocycles. The molecule has 5 nitrogen and oxygen atoms in total. The lowest BCUT2D eigenvalue weighted by Crippen LogP contribution is -2.24. The maximum atomic E-state index is 11.9. The lowest BCUT2D eigenvalue weighted by atomic mass is 10.1. The monoisotopic (exact) mass is 382 g/mol. The Kier molecular flexibility index (Phi) is 5.94. The van der Waals surface area contributed by atoms with E-state index in [4.69, 9.17) is 20.8 Å². The minimum Gasteiger partial charge on any atom is -0.483 e. The molecule has 0 saturated carbocycles. The molecule has 0 aliphatic heterocycles. The molecule has 0 fully saturated rings. The van der Waals surface area contributed by atoms with E-state index in [9.17, 15) is 4.79 Å². The van der Waals surface area contributed by atoms with E-state index in [1.165, 1.54) is 6.21 Å². The first kappa shape index (κ1) is 18.7. The number of hydrogen-bond acceptors (Lipinski definition) is 4. The number of carbonyl (C=O) groups excluding carboxylic acids is 1. The summed E-state index contributed by atoms with van der Waals surface area (Å²) in [5.41, 5.74) is 5.45. The summed E-state index contributed by atoms with van der Waals surface area (Å²) >= 11 is 5.88. The Labute approximate surface area is 162 Å².